The predicted molar refractivity (Wildman–Crippen MR) is 93.6 cm³/mol. The maximum atomic E-state index is 12.3. The average molecular weight is 325 g/mol. The Morgan fingerprint density at radius 2 is 2.00 bits per heavy atom. The van der Waals surface area contributed by atoms with E-state index in [1.807, 2.05) is 42.5 Å². The van der Waals surface area contributed by atoms with Crippen LogP contribution in [-0.4, -0.2) is 25.6 Å². The molecule has 0 bridgehead atoms. The smallest absolute Gasteiger partial charge is 0.238 e. The van der Waals surface area contributed by atoms with Gasteiger partial charge < -0.3 is 10.1 Å². The second kappa shape index (κ2) is 7.95. The molecule has 1 heterocycles. The van der Waals surface area contributed by atoms with E-state index in [-0.39, 0.29) is 18.0 Å². The molecule has 2 unspecified atom stereocenters. The Bertz CT molecular complexity index is 675. The molecule has 1 fully saturated rings. The molecule has 126 valence electrons. The number of amides is 1. The molecule has 2 atom stereocenters. The van der Waals surface area contributed by atoms with Crippen LogP contribution in [-0.2, 0) is 11.2 Å². The lowest BCUT2D eigenvalue weighted by molar-refractivity contribution is -0.122. The van der Waals surface area contributed by atoms with Crippen LogP contribution >= 0.6 is 0 Å². The molecule has 0 saturated carbocycles. The molecule has 0 aromatic heterocycles. The first-order valence-corrected chi connectivity index (χ1v) is 8.23. The van der Waals surface area contributed by atoms with Gasteiger partial charge in [0.2, 0.25) is 5.91 Å². The summed E-state index contributed by atoms with van der Waals surface area (Å²) in [4.78, 5) is 12.3. The molecule has 3 N–H and O–H groups in total. The van der Waals surface area contributed by atoms with Gasteiger partial charge in [-0.3, -0.25) is 4.79 Å². The predicted octanol–water partition coefficient (Wildman–Crippen LogP) is 1.96. The molecule has 1 aliphatic rings. The van der Waals surface area contributed by atoms with Gasteiger partial charge in [-0.15, -0.1) is 0 Å². The molecule has 5 nitrogen and oxygen atoms in total. The van der Waals surface area contributed by atoms with E-state index in [1.165, 1.54) is 5.56 Å². The van der Waals surface area contributed by atoms with Gasteiger partial charge in [-0.2, -0.15) is 0 Å². The zero-order chi connectivity index (χ0) is 16.8. The molecule has 1 saturated heterocycles. The summed E-state index contributed by atoms with van der Waals surface area (Å²) in [6.07, 6.45) is 1.55. The first-order valence-electron chi connectivity index (χ1n) is 8.23. The zero-order valence-corrected chi connectivity index (χ0v) is 13.8. The summed E-state index contributed by atoms with van der Waals surface area (Å²) < 4.78 is 5.26. The standard InChI is InChI=1S/C19H23N3O2/c1-24-16-9-5-8-15(12-16)17-13-18(22-21-17)19(23)20-11-10-14-6-3-2-4-7-14/h2-9,12,17-18,21-22H,10-11,13H2,1H3,(H,20,23). The van der Waals surface area contributed by atoms with Crippen molar-refractivity contribution in [3.05, 3.63) is 65.7 Å². The highest BCUT2D eigenvalue weighted by atomic mass is 16.5. The van der Waals surface area contributed by atoms with E-state index in [0.717, 1.165) is 17.7 Å². The molecule has 0 spiro atoms. The van der Waals surface area contributed by atoms with E-state index in [0.29, 0.717) is 13.0 Å². The van der Waals surface area contributed by atoms with Crippen LogP contribution in [0.3, 0.4) is 0 Å². The number of hydrogen-bond acceptors (Lipinski definition) is 4. The summed E-state index contributed by atoms with van der Waals surface area (Å²) in [6, 6.07) is 17.9. The van der Waals surface area contributed by atoms with Crippen LogP contribution in [0.1, 0.15) is 23.6 Å². The Labute approximate surface area is 142 Å². The van der Waals surface area contributed by atoms with Crippen LogP contribution in [0.2, 0.25) is 0 Å². The lowest BCUT2D eigenvalue weighted by atomic mass is 10.0. The van der Waals surface area contributed by atoms with Crippen LogP contribution in [0.5, 0.6) is 5.75 Å². The topological polar surface area (TPSA) is 62.4 Å². The Hall–Kier alpha value is -2.37. The molecule has 1 amide bonds. The van der Waals surface area contributed by atoms with Crippen molar-refractivity contribution in [2.24, 2.45) is 0 Å². The molecule has 5 heteroatoms. The number of carbonyl (C=O) groups excluding carboxylic acids is 1. The summed E-state index contributed by atoms with van der Waals surface area (Å²) in [6.45, 7) is 0.644. The molecule has 2 aromatic rings. The fourth-order valence-corrected chi connectivity index (χ4v) is 2.90. The van der Waals surface area contributed by atoms with E-state index in [1.54, 1.807) is 7.11 Å². The minimum atomic E-state index is -0.225. The maximum absolute atomic E-state index is 12.3. The van der Waals surface area contributed by atoms with Crippen LogP contribution in [0.25, 0.3) is 0 Å². The van der Waals surface area contributed by atoms with Crippen molar-refractivity contribution in [1.29, 1.82) is 0 Å². The molecule has 0 radical (unpaired) electrons. The third kappa shape index (κ3) is 4.13. The minimum absolute atomic E-state index is 0.0313. The van der Waals surface area contributed by atoms with Gasteiger partial charge in [-0.1, -0.05) is 42.5 Å². The number of nitrogens with one attached hydrogen (secondary N) is 3. The van der Waals surface area contributed by atoms with Crippen molar-refractivity contribution in [2.75, 3.05) is 13.7 Å². The fourth-order valence-electron chi connectivity index (χ4n) is 2.90. The van der Waals surface area contributed by atoms with E-state index < -0.39 is 0 Å². The number of ether oxygens (including phenoxy) is 1. The summed E-state index contributed by atoms with van der Waals surface area (Å²) in [5.74, 6) is 0.855. The van der Waals surface area contributed by atoms with E-state index in [2.05, 4.69) is 28.3 Å². The second-order valence-electron chi connectivity index (χ2n) is 5.93. The third-order valence-electron chi connectivity index (χ3n) is 4.27. The van der Waals surface area contributed by atoms with Gasteiger partial charge in [0.1, 0.15) is 11.8 Å². The van der Waals surface area contributed by atoms with E-state index >= 15 is 0 Å². The van der Waals surface area contributed by atoms with Gasteiger partial charge in [0.05, 0.1) is 7.11 Å². The highest BCUT2D eigenvalue weighted by Gasteiger charge is 2.29. The molecular weight excluding hydrogens is 302 g/mol. The first kappa shape index (κ1) is 16.5. The molecule has 24 heavy (non-hydrogen) atoms. The Kier molecular flexibility index (Phi) is 5.46. The second-order valence-corrected chi connectivity index (χ2v) is 5.93. The lowest BCUT2D eigenvalue weighted by Gasteiger charge is -2.11. The number of rotatable bonds is 6. The van der Waals surface area contributed by atoms with Crippen molar-refractivity contribution in [3.8, 4) is 5.75 Å². The fraction of sp³-hybridized carbons (Fsp3) is 0.316. The van der Waals surface area contributed by atoms with Gasteiger partial charge in [-0.05, 0) is 36.1 Å². The SMILES string of the molecule is COc1cccc(C2CC(C(=O)NCCc3ccccc3)NN2)c1. The average Bonchev–Trinajstić information content (AvgIpc) is 3.13. The number of benzene rings is 2. The summed E-state index contributed by atoms with van der Waals surface area (Å²) in [7, 11) is 1.66. The van der Waals surface area contributed by atoms with Gasteiger partial charge >= 0.3 is 0 Å². The molecular formula is C19H23N3O2. The van der Waals surface area contributed by atoms with Crippen molar-refractivity contribution in [2.45, 2.75) is 24.9 Å². The quantitative estimate of drug-likeness (QED) is 0.760. The number of carbonyl (C=O) groups is 1. The monoisotopic (exact) mass is 325 g/mol. The maximum Gasteiger partial charge on any atom is 0.238 e. The van der Waals surface area contributed by atoms with Crippen molar-refractivity contribution in [1.82, 2.24) is 16.2 Å². The number of hydrazine groups is 1. The van der Waals surface area contributed by atoms with Crippen LogP contribution < -0.4 is 20.9 Å². The number of methoxy groups -OCH3 is 1. The number of hydrogen-bond donors (Lipinski definition) is 3. The van der Waals surface area contributed by atoms with Gasteiger partial charge in [0, 0.05) is 12.6 Å². The summed E-state index contributed by atoms with van der Waals surface area (Å²) in [5, 5.41) is 3.00. The van der Waals surface area contributed by atoms with Gasteiger partial charge in [0.15, 0.2) is 0 Å². The highest BCUT2D eigenvalue weighted by Crippen LogP contribution is 2.25. The Balaban J connectivity index is 1.48. The molecule has 2 aromatic carbocycles. The summed E-state index contributed by atoms with van der Waals surface area (Å²) >= 11 is 0. The van der Waals surface area contributed by atoms with Crippen molar-refractivity contribution in [3.63, 3.8) is 0 Å². The van der Waals surface area contributed by atoms with Crippen LogP contribution in [0, 0.1) is 0 Å². The highest BCUT2D eigenvalue weighted by molar-refractivity contribution is 5.82. The van der Waals surface area contributed by atoms with E-state index in [9.17, 15) is 4.79 Å². The normalized spacial score (nSPS) is 19.9. The molecule has 3 rings (SSSR count). The molecule has 0 aliphatic carbocycles. The summed E-state index contributed by atoms with van der Waals surface area (Å²) in [5.41, 5.74) is 8.62. The largest absolute Gasteiger partial charge is 0.497 e. The van der Waals surface area contributed by atoms with Crippen molar-refractivity contribution >= 4 is 5.91 Å². The molecule has 1 aliphatic heterocycles. The Morgan fingerprint density at radius 3 is 2.79 bits per heavy atom. The van der Waals surface area contributed by atoms with E-state index in [4.69, 9.17) is 4.74 Å². The van der Waals surface area contributed by atoms with Crippen LogP contribution in [0.15, 0.2) is 54.6 Å². The zero-order valence-electron chi connectivity index (χ0n) is 13.8. The van der Waals surface area contributed by atoms with Crippen molar-refractivity contribution < 1.29 is 9.53 Å². The minimum Gasteiger partial charge on any atom is -0.497 e. The van der Waals surface area contributed by atoms with Crippen LogP contribution in [0.4, 0.5) is 0 Å². The Morgan fingerprint density at radius 1 is 1.17 bits per heavy atom. The first-order chi connectivity index (χ1) is 11.8. The van der Waals surface area contributed by atoms with Gasteiger partial charge in [0.25, 0.3) is 0 Å². The lowest BCUT2D eigenvalue weighted by Crippen LogP contribution is -2.43. The van der Waals surface area contributed by atoms with Gasteiger partial charge in [-0.25, -0.2) is 10.9 Å². The third-order valence-corrected chi connectivity index (χ3v) is 4.27.